The molecule has 1 saturated heterocycles. The third kappa shape index (κ3) is 2.88. The number of aromatic amines is 1. The van der Waals surface area contributed by atoms with Gasteiger partial charge >= 0.3 is 0 Å². The van der Waals surface area contributed by atoms with E-state index < -0.39 is 0 Å². The van der Waals surface area contributed by atoms with Gasteiger partial charge in [0.25, 0.3) is 0 Å². The van der Waals surface area contributed by atoms with Gasteiger partial charge in [-0.05, 0) is 24.7 Å². The average Bonchev–Trinajstić information content (AvgIpc) is 3.03. The molecule has 1 aliphatic rings. The molecule has 0 aliphatic carbocycles. The van der Waals surface area contributed by atoms with Gasteiger partial charge in [-0.3, -0.25) is 10.00 Å². The summed E-state index contributed by atoms with van der Waals surface area (Å²) in [4.78, 5) is 4.89. The normalized spacial score (nSPS) is 16.7. The van der Waals surface area contributed by atoms with E-state index in [-0.39, 0.29) is 0 Å². The van der Waals surface area contributed by atoms with Crippen LogP contribution in [0.4, 0.5) is 5.69 Å². The molecule has 2 aromatic carbocycles. The molecule has 0 spiro atoms. The molecule has 0 saturated carbocycles. The second kappa shape index (κ2) is 6.26. The first-order chi connectivity index (χ1) is 11.7. The summed E-state index contributed by atoms with van der Waals surface area (Å²) in [6.45, 7) is 5.59. The number of benzene rings is 2. The molecular weight excluding hydrogens is 298 g/mol. The molecule has 0 bridgehead atoms. The molecule has 3 N–H and O–H groups in total. The number of piperazine rings is 1. The van der Waals surface area contributed by atoms with Crippen LogP contribution >= 0.6 is 0 Å². The highest BCUT2D eigenvalue weighted by Gasteiger charge is 2.14. The fourth-order valence-electron chi connectivity index (χ4n) is 3.34. The standard InChI is InChI=1S/C19H23N5/c1-23-9-11-24(12-10-23)13-14-5-7-15(8-6-14)19-18-16(20)3-2-4-17(18)21-22-19/h2-8H,9-13,20H2,1H3,(H,21,22). The van der Waals surface area contributed by atoms with Crippen LogP contribution in [-0.4, -0.2) is 53.2 Å². The number of nitrogens with zero attached hydrogens (tertiary/aromatic N) is 3. The molecule has 5 heteroatoms. The third-order valence-electron chi connectivity index (χ3n) is 4.85. The van der Waals surface area contributed by atoms with Crippen molar-refractivity contribution in [3.8, 4) is 11.3 Å². The van der Waals surface area contributed by atoms with Gasteiger partial charge in [0.15, 0.2) is 0 Å². The first-order valence-electron chi connectivity index (χ1n) is 8.43. The van der Waals surface area contributed by atoms with Crippen LogP contribution in [0.1, 0.15) is 5.56 Å². The van der Waals surface area contributed by atoms with Crippen molar-refractivity contribution in [2.45, 2.75) is 6.54 Å². The van der Waals surface area contributed by atoms with Crippen LogP contribution in [0.2, 0.25) is 0 Å². The zero-order valence-electron chi connectivity index (χ0n) is 14.0. The van der Waals surface area contributed by atoms with Crippen LogP contribution < -0.4 is 5.73 Å². The number of nitrogens with one attached hydrogen (secondary N) is 1. The fraction of sp³-hybridized carbons (Fsp3) is 0.316. The number of aromatic nitrogens is 2. The summed E-state index contributed by atoms with van der Waals surface area (Å²) in [5.74, 6) is 0. The van der Waals surface area contributed by atoms with Gasteiger partial charge in [-0.25, -0.2) is 0 Å². The van der Waals surface area contributed by atoms with E-state index in [2.05, 4.69) is 51.3 Å². The topological polar surface area (TPSA) is 61.2 Å². The van der Waals surface area contributed by atoms with Gasteiger partial charge in [0.2, 0.25) is 0 Å². The van der Waals surface area contributed by atoms with Crippen LogP contribution in [0.3, 0.4) is 0 Å². The number of rotatable bonds is 3. The summed E-state index contributed by atoms with van der Waals surface area (Å²) in [5, 5.41) is 8.53. The molecule has 5 nitrogen and oxygen atoms in total. The van der Waals surface area contributed by atoms with Crippen molar-refractivity contribution >= 4 is 16.6 Å². The molecule has 0 atom stereocenters. The summed E-state index contributed by atoms with van der Waals surface area (Å²) in [6, 6.07) is 14.6. The number of hydrogen-bond donors (Lipinski definition) is 2. The molecule has 1 aromatic heterocycles. The highest BCUT2D eigenvalue weighted by atomic mass is 15.2. The Morgan fingerprint density at radius 2 is 1.79 bits per heavy atom. The van der Waals surface area contributed by atoms with E-state index >= 15 is 0 Å². The Morgan fingerprint density at radius 1 is 1.04 bits per heavy atom. The predicted octanol–water partition coefficient (Wildman–Crippen LogP) is 2.56. The van der Waals surface area contributed by atoms with Crippen LogP contribution in [0, 0.1) is 0 Å². The zero-order chi connectivity index (χ0) is 16.5. The predicted molar refractivity (Wildman–Crippen MR) is 98.7 cm³/mol. The van der Waals surface area contributed by atoms with Gasteiger partial charge in [-0.1, -0.05) is 30.3 Å². The Labute approximate surface area is 142 Å². The summed E-state index contributed by atoms with van der Waals surface area (Å²) in [7, 11) is 2.19. The van der Waals surface area contributed by atoms with E-state index in [1.807, 2.05) is 18.2 Å². The summed E-state index contributed by atoms with van der Waals surface area (Å²) in [6.07, 6.45) is 0. The Morgan fingerprint density at radius 3 is 2.54 bits per heavy atom. The second-order valence-corrected chi connectivity index (χ2v) is 6.62. The first-order valence-corrected chi connectivity index (χ1v) is 8.43. The van der Waals surface area contributed by atoms with Crippen molar-refractivity contribution in [3.63, 3.8) is 0 Å². The molecule has 1 fully saturated rings. The quantitative estimate of drug-likeness (QED) is 0.728. The highest BCUT2D eigenvalue weighted by Crippen LogP contribution is 2.30. The van der Waals surface area contributed by atoms with E-state index in [4.69, 9.17) is 5.73 Å². The van der Waals surface area contributed by atoms with Crippen LogP contribution in [0.15, 0.2) is 42.5 Å². The molecule has 0 amide bonds. The van der Waals surface area contributed by atoms with Crippen molar-refractivity contribution in [1.82, 2.24) is 20.0 Å². The molecule has 1 aliphatic heterocycles. The smallest absolute Gasteiger partial charge is 0.102 e. The molecule has 2 heterocycles. The first kappa shape index (κ1) is 15.2. The highest BCUT2D eigenvalue weighted by molar-refractivity contribution is 6.01. The van der Waals surface area contributed by atoms with Gasteiger partial charge in [0, 0.05) is 44.0 Å². The average molecular weight is 321 g/mol. The zero-order valence-corrected chi connectivity index (χ0v) is 14.0. The SMILES string of the molecule is CN1CCN(Cc2ccc(-c3n[nH]c4cccc(N)c34)cc2)CC1. The molecule has 124 valence electrons. The molecule has 3 aromatic rings. The maximum absolute atomic E-state index is 6.13. The Hall–Kier alpha value is -2.37. The number of nitrogen functional groups attached to an aromatic ring is 1. The number of hydrogen-bond acceptors (Lipinski definition) is 4. The monoisotopic (exact) mass is 321 g/mol. The lowest BCUT2D eigenvalue weighted by molar-refractivity contribution is 0.148. The van der Waals surface area contributed by atoms with E-state index in [1.54, 1.807) is 0 Å². The number of H-pyrrole nitrogens is 1. The largest absolute Gasteiger partial charge is 0.398 e. The van der Waals surface area contributed by atoms with Crippen LogP contribution in [0.25, 0.3) is 22.2 Å². The number of nitrogens with two attached hydrogens (primary N) is 1. The summed E-state index contributed by atoms with van der Waals surface area (Å²) >= 11 is 0. The van der Waals surface area contributed by atoms with Gasteiger partial charge in [0.05, 0.1) is 10.9 Å². The summed E-state index contributed by atoms with van der Waals surface area (Å²) in [5.41, 5.74) is 11.2. The van der Waals surface area contributed by atoms with Crippen LogP contribution in [-0.2, 0) is 6.54 Å². The van der Waals surface area contributed by atoms with Gasteiger partial charge in [-0.2, -0.15) is 5.10 Å². The van der Waals surface area contributed by atoms with Crippen molar-refractivity contribution in [2.24, 2.45) is 0 Å². The van der Waals surface area contributed by atoms with E-state index in [0.29, 0.717) is 0 Å². The van der Waals surface area contributed by atoms with E-state index in [1.165, 1.54) is 5.56 Å². The van der Waals surface area contributed by atoms with E-state index in [0.717, 1.165) is 60.6 Å². The number of anilines is 1. The van der Waals surface area contributed by atoms with Crippen LogP contribution in [0.5, 0.6) is 0 Å². The van der Waals surface area contributed by atoms with Gasteiger partial charge in [0.1, 0.15) is 5.69 Å². The number of likely N-dealkylation sites (N-methyl/N-ethyl adjacent to an activating group) is 1. The van der Waals surface area contributed by atoms with Crippen molar-refractivity contribution in [2.75, 3.05) is 39.0 Å². The Bertz CT molecular complexity index is 829. The minimum Gasteiger partial charge on any atom is -0.398 e. The molecule has 24 heavy (non-hydrogen) atoms. The lowest BCUT2D eigenvalue weighted by atomic mass is 10.0. The molecule has 0 unspecified atom stereocenters. The third-order valence-corrected chi connectivity index (χ3v) is 4.85. The molecule has 0 radical (unpaired) electrons. The maximum atomic E-state index is 6.13. The minimum absolute atomic E-state index is 0.762. The second-order valence-electron chi connectivity index (χ2n) is 6.62. The van der Waals surface area contributed by atoms with Crippen molar-refractivity contribution in [3.05, 3.63) is 48.0 Å². The lowest BCUT2D eigenvalue weighted by Crippen LogP contribution is -2.43. The van der Waals surface area contributed by atoms with Crippen molar-refractivity contribution in [1.29, 1.82) is 0 Å². The Kier molecular flexibility index (Phi) is 3.96. The maximum Gasteiger partial charge on any atom is 0.102 e. The fourth-order valence-corrected chi connectivity index (χ4v) is 3.34. The molecular formula is C19H23N5. The van der Waals surface area contributed by atoms with Gasteiger partial charge < -0.3 is 10.6 Å². The van der Waals surface area contributed by atoms with E-state index in [9.17, 15) is 0 Å². The minimum atomic E-state index is 0.762. The van der Waals surface area contributed by atoms with Gasteiger partial charge in [-0.15, -0.1) is 0 Å². The lowest BCUT2D eigenvalue weighted by Gasteiger charge is -2.32. The summed E-state index contributed by atoms with van der Waals surface area (Å²) < 4.78 is 0. The van der Waals surface area contributed by atoms with Crippen molar-refractivity contribution < 1.29 is 0 Å². The Balaban J connectivity index is 1.55. The number of fused-ring (bicyclic) bond motifs is 1. The molecule has 4 rings (SSSR count).